The molecule has 0 amide bonds. The summed E-state index contributed by atoms with van der Waals surface area (Å²) >= 11 is 0. The van der Waals surface area contributed by atoms with E-state index in [-0.39, 0.29) is 11.1 Å². The van der Waals surface area contributed by atoms with Crippen LogP contribution in [0.25, 0.3) is 11.1 Å². The predicted octanol–water partition coefficient (Wildman–Crippen LogP) is 5.96. The van der Waals surface area contributed by atoms with Gasteiger partial charge in [0, 0.05) is 5.56 Å². The average molecular weight is 316 g/mol. The van der Waals surface area contributed by atoms with Gasteiger partial charge in [0.15, 0.2) is 17.9 Å². The van der Waals surface area contributed by atoms with Gasteiger partial charge in [0.1, 0.15) is 0 Å². The van der Waals surface area contributed by atoms with E-state index in [1.54, 1.807) is 12.1 Å². The molecule has 0 aliphatic heterocycles. The van der Waals surface area contributed by atoms with Gasteiger partial charge < -0.3 is 0 Å². The number of halogens is 2. The number of aryl methyl sites for hydroxylation is 1. The third kappa shape index (κ3) is 4.47. The summed E-state index contributed by atoms with van der Waals surface area (Å²) in [5.41, 5.74) is 1.75. The molecule has 0 atom stereocenters. The molecule has 0 radical (unpaired) electrons. The minimum absolute atomic E-state index is 0.183. The van der Waals surface area contributed by atoms with Crippen LogP contribution in [0.1, 0.15) is 54.9 Å². The number of carbonyl (C=O) groups is 1. The summed E-state index contributed by atoms with van der Waals surface area (Å²) in [7, 11) is 0. The summed E-state index contributed by atoms with van der Waals surface area (Å²) < 4.78 is 27.7. The molecule has 2 aromatic rings. The van der Waals surface area contributed by atoms with Crippen LogP contribution in [-0.2, 0) is 6.42 Å². The SMILES string of the molecule is CCCCCCCc1ccc(-c2ccc(C=O)c(F)c2F)cc1. The van der Waals surface area contributed by atoms with Crippen LogP contribution < -0.4 is 0 Å². The zero-order chi connectivity index (χ0) is 16.7. The van der Waals surface area contributed by atoms with Crippen molar-refractivity contribution in [2.24, 2.45) is 0 Å². The Morgan fingerprint density at radius 3 is 2.22 bits per heavy atom. The Morgan fingerprint density at radius 2 is 1.57 bits per heavy atom. The lowest BCUT2D eigenvalue weighted by Crippen LogP contribution is -1.96. The summed E-state index contributed by atoms with van der Waals surface area (Å²) in [5, 5.41) is 0. The fraction of sp³-hybridized carbons (Fsp3) is 0.350. The van der Waals surface area contributed by atoms with E-state index in [1.165, 1.54) is 43.4 Å². The molecule has 0 saturated carbocycles. The number of hydrogen-bond donors (Lipinski definition) is 0. The second kappa shape index (κ2) is 8.56. The smallest absolute Gasteiger partial charge is 0.169 e. The molecular weight excluding hydrogens is 294 g/mol. The Hall–Kier alpha value is -2.03. The highest BCUT2D eigenvalue weighted by Crippen LogP contribution is 2.26. The first-order valence-electron chi connectivity index (χ1n) is 8.20. The Morgan fingerprint density at radius 1 is 0.870 bits per heavy atom. The van der Waals surface area contributed by atoms with Crippen molar-refractivity contribution in [3.8, 4) is 11.1 Å². The molecule has 0 bridgehead atoms. The van der Waals surface area contributed by atoms with Crippen LogP contribution in [0.2, 0.25) is 0 Å². The van der Waals surface area contributed by atoms with Crippen molar-refractivity contribution >= 4 is 6.29 Å². The van der Waals surface area contributed by atoms with E-state index in [0.717, 1.165) is 12.8 Å². The Labute approximate surface area is 136 Å². The summed E-state index contributed by atoms with van der Waals surface area (Å²) in [5.74, 6) is -2.06. The van der Waals surface area contributed by atoms with E-state index >= 15 is 0 Å². The van der Waals surface area contributed by atoms with Crippen LogP contribution >= 0.6 is 0 Å². The molecule has 0 heterocycles. The fourth-order valence-corrected chi connectivity index (χ4v) is 2.66. The van der Waals surface area contributed by atoms with Gasteiger partial charge in [-0.2, -0.15) is 0 Å². The fourth-order valence-electron chi connectivity index (χ4n) is 2.66. The highest BCUT2D eigenvalue weighted by molar-refractivity contribution is 5.77. The molecule has 0 aromatic heterocycles. The van der Waals surface area contributed by atoms with E-state index in [4.69, 9.17) is 0 Å². The predicted molar refractivity (Wildman–Crippen MR) is 89.6 cm³/mol. The first-order valence-corrected chi connectivity index (χ1v) is 8.20. The molecule has 0 aliphatic rings. The second-order valence-corrected chi connectivity index (χ2v) is 5.81. The number of rotatable bonds is 8. The molecule has 3 heteroatoms. The molecule has 0 unspecified atom stereocenters. The number of hydrogen-bond acceptors (Lipinski definition) is 1. The third-order valence-corrected chi connectivity index (χ3v) is 4.07. The zero-order valence-corrected chi connectivity index (χ0v) is 13.4. The Bertz CT molecular complexity index is 647. The van der Waals surface area contributed by atoms with Crippen LogP contribution in [0, 0.1) is 11.6 Å². The van der Waals surface area contributed by atoms with Gasteiger partial charge in [-0.3, -0.25) is 4.79 Å². The monoisotopic (exact) mass is 316 g/mol. The minimum atomic E-state index is -1.09. The van der Waals surface area contributed by atoms with Crippen molar-refractivity contribution in [2.45, 2.75) is 45.4 Å². The number of benzene rings is 2. The lowest BCUT2D eigenvalue weighted by molar-refractivity contribution is 0.111. The minimum Gasteiger partial charge on any atom is -0.298 e. The van der Waals surface area contributed by atoms with Crippen LogP contribution in [0.3, 0.4) is 0 Å². The van der Waals surface area contributed by atoms with E-state index < -0.39 is 11.6 Å². The number of carbonyl (C=O) groups excluding carboxylic acids is 1. The van der Waals surface area contributed by atoms with Gasteiger partial charge >= 0.3 is 0 Å². The molecule has 0 N–H and O–H groups in total. The molecule has 122 valence electrons. The number of aldehydes is 1. The summed E-state index contributed by atoms with van der Waals surface area (Å²) in [6.07, 6.45) is 7.48. The second-order valence-electron chi connectivity index (χ2n) is 5.81. The van der Waals surface area contributed by atoms with Crippen molar-refractivity contribution in [3.05, 3.63) is 59.2 Å². The molecular formula is C20H22F2O. The normalized spacial score (nSPS) is 10.7. The lowest BCUT2D eigenvalue weighted by Gasteiger charge is -2.07. The first-order chi connectivity index (χ1) is 11.2. The molecule has 0 spiro atoms. The standard InChI is InChI=1S/C20H22F2O/c1-2-3-4-5-6-7-15-8-10-16(11-9-15)18-13-12-17(14-23)19(21)20(18)22/h8-14H,2-7H2,1H3. The maximum Gasteiger partial charge on any atom is 0.169 e. The first kappa shape index (κ1) is 17.3. The lowest BCUT2D eigenvalue weighted by atomic mass is 9.99. The van der Waals surface area contributed by atoms with Crippen molar-refractivity contribution in [1.82, 2.24) is 0 Å². The highest BCUT2D eigenvalue weighted by atomic mass is 19.2. The van der Waals surface area contributed by atoms with Crippen molar-refractivity contribution in [1.29, 1.82) is 0 Å². The van der Waals surface area contributed by atoms with E-state index in [9.17, 15) is 13.6 Å². The van der Waals surface area contributed by atoms with E-state index in [0.29, 0.717) is 11.8 Å². The van der Waals surface area contributed by atoms with Gasteiger partial charge in [0.05, 0.1) is 5.56 Å². The highest BCUT2D eigenvalue weighted by Gasteiger charge is 2.14. The average Bonchev–Trinajstić information content (AvgIpc) is 2.58. The van der Waals surface area contributed by atoms with E-state index in [2.05, 4.69) is 6.92 Å². The zero-order valence-electron chi connectivity index (χ0n) is 13.4. The van der Waals surface area contributed by atoms with Gasteiger partial charge in [-0.15, -0.1) is 0 Å². The summed E-state index contributed by atoms with van der Waals surface area (Å²) in [4.78, 5) is 10.6. The number of unbranched alkanes of at least 4 members (excludes halogenated alkanes) is 4. The van der Waals surface area contributed by atoms with E-state index in [1.807, 2.05) is 12.1 Å². The van der Waals surface area contributed by atoms with Gasteiger partial charge in [-0.1, -0.05) is 62.9 Å². The molecule has 23 heavy (non-hydrogen) atoms. The third-order valence-electron chi connectivity index (χ3n) is 4.07. The maximum absolute atomic E-state index is 14.0. The van der Waals surface area contributed by atoms with Crippen LogP contribution in [0.4, 0.5) is 8.78 Å². The molecule has 1 nitrogen and oxygen atoms in total. The molecule has 0 aliphatic carbocycles. The van der Waals surface area contributed by atoms with Crippen LogP contribution in [0.15, 0.2) is 36.4 Å². The molecule has 0 fully saturated rings. The van der Waals surface area contributed by atoms with Crippen molar-refractivity contribution < 1.29 is 13.6 Å². The Balaban J connectivity index is 2.05. The van der Waals surface area contributed by atoms with Crippen molar-refractivity contribution in [2.75, 3.05) is 0 Å². The summed E-state index contributed by atoms with van der Waals surface area (Å²) in [6.45, 7) is 2.20. The molecule has 2 aromatic carbocycles. The van der Waals surface area contributed by atoms with Gasteiger partial charge in [0.2, 0.25) is 0 Å². The quantitative estimate of drug-likeness (QED) is 0.434. The van der Waals surface area contributed by atoms with Gasteiger partial charge in [-0.25, -0.2) is 8.78 Å². The van der Waals surface area contributed by atoms with Gasteiger partial charge in [0.25, 0.3) is 0 Å². The summed E-state index contributed by atoms with van der Waals surface area (Å²) in [6, 6.07) is 10.3. The largest absolute Gasteiger partial charge is 0.298 e. The topological polar surface area (TPSA) is 17.1 Å². The maximum atomic E-state index is 14.0. The molecule has 0 saturated heterocycles. The molecule has 2 rings (SSSR count). The van der Waals surface area contributed by atoms with Crippen molar-refractivity contribution in [3.63, 3.8) is 0 Å². The van der Waals surface area contributed by atoms with Crippen LogP contribution in [-0.4, -0.2) is 6.29 Å². The Kier molecular flexibility index (Phi) is 6.45. The van der Waals surface area contributed by atoms with Gasteiger partial charge in [-0.05, 0) is 30.0 Å². The van der Waals surface area contributed by atoms with Crippen LogP contribution in [0.5, 0.6) is 0 Å².